The zero-order valence-corrected chi connectivity index (χ0v) is 9.12. The van der Waals surface area contributed by atoms with Crippen molar-refractivity contribution < 1.29 is 9.53 Å². The Labute approximate surface area is 85.8 Å². The summed E-state index contributed by atoms with van der Waals surface area (Å²) in [6, 6.07) is 0. The fraction of sp³-hybridized carbons (Fsp3) is 0.545. The van der Waals surface area contributed by atoms with Gasteiger partial charge in [0.15, 0.2) is 0 Å². The van der Waals surface area contributed by atoms with E-state index in [1.165, 1.54) is 0 Å². The molecule has 0 unspecified atom stereocenters. The Hall–Kier alpha value is -1.25. The lowest BCUT2D eigenvalue weighted by Gasteiger charge is -2.14. The third-order valence-corrected chi connectivity index (χ3v) is 1.32. The molecule has 1 aliphatic heterocycles. The molecule has 80 valence electrons. The van der Waals surface area contributed by atoms with E-state index < -0.39 is 0 Å². The highest BCUT2D eigenvalue weighted by Crippen LogP contribution is 2.02. The molecule has 0 bridgehead atoms. The Kier molecular flexibility index (Phi) is 6.54. The summed E-state index contributed by atoms with van der Waals surface area (Å²) < 4.78 is 4.55. The molecule has 0 aliphatic carbocycles. The summed E-state index contributed by atoms with van der Waals surface area (Å²) in [5.74, 6) is 0. The fourth-order valence-electron chi connectivity index (χ4n) is 0.693. The Bertz CT molecular complexity index is 190. The van der Waals surface area contributed by atoms with Crippen molar-refractivity contribution in [3.05, 3.63) is 24.4 Å². The number of allylic oxidation sites excluding steroid dienone is 2. The van der Waals surface area contributed by atoms with E-state index in [1.807, 2.05) is 33.0 Å². The second-order valence-electron chi connectivity index (χ2n) is 3.86. The third kappa shape index (κ3) is 10.8. The van der Waals surface area contributed by atoms with Crippen LogP contribution in [0.2, 0.25) is 0 Å². The first-order chi connectivity index (χ1) is 6.56. The smallest absolute Gasteiger partial charge is 0.293 e. The van der Waals surface area contributed by atoms with Crippen molar-refractivity contribution in [3.8, 4) is 0 Å². The Balaban J connectivity index is 0.000000241. The largest absolute Gasteiger partial charge is 0.462 e. The molecule has 1 aliphatic rings. The lowest BCUT2D eigenvalue weighted by Crippen LogP contribution is -2.17. The second kappa shape index (κ2) is 7.18. The van der Waals surface area contributed by atoms with Gasteiger partial charge in [0.1, 0.15) is 5.60 Å². The van der Waals surface area contributed by atoms with Crippen molar-refractivity contribution in [2.45, 2.75) is 32.8 Å². The molecule has 0 spiro atoms. The highest BCUT2D eigenvalue weighted by molar-refractivity contribution is 5.37. The van der Waals surface area contributed by atoms with Gasteiger partial charge in [0.2, 0.25) is 0 Å². The van der Waals surface area contributed by atoms with Crippen LogP contribution >= 0.6 is 0 Å². The highest BCUT2D eigenvalue weighted by Gasteiger charge is 2.07. The number of hydrogen-bond acceptors (Lipinski definition) is 3. The molecule has 1 N–H and O–H groups in total. The number of hydrogen-bond donors (Lipinski definition) is 1. The van der Waals surface area contributed by atoms with Crippen LogP contribution in [-0.2, 0) is 9.53 Å². The van der Waals surface area contributed by atoms with Crippen LogP contribution < -0.4 is 5.32 Å². The van der Waals surface area contributed by atoms with Crippen LogP contribution in [0.1, 0.15) is 27.2 Å². The van der Waals surface area contributed by atoms with Gasteiger partial charge in [-0.1, -0.05) is 12.2 Å². The van der Waals surface area contributed by atoms with Crippen LogP contribution in [0.15, 0.2) is 24.4 Å². The summed E-state index contributed by atoms with van der Waals surface area (Å²) in [7, 11) is 0. The van der Waals surface area contributed by atoms with Gasteiger partial charge in [-0.25, -0.2) is 0 Å². The summed E-state index contributed by atoms with van der Waals surface area (Å²) in [6.07, 6.45) is 9.32. The quantitative estimate of drug-likeness (QED) is 0.653. The molecule has 0 saturated heterocycles. The van der Waals surface area contributed by atoms with Crippen molar-refractivity contribution in [1.29, 1.82) is 0 Å². The maximum atomic E-state index is 9.60. The molecular weight excluding hydrogens is 178 g/mol. The first-order valence-corrected chi connectivity index (χ1v) is 4.73. The Morgan fingerprint density at radius 3 is 2.57 bits per heavy atom. The van der Waals surface area contributed by atoms with Gasteiger partial charge in [-0.2, -0.15) is 0 Å². The van der Waals surface area contributed by atoms with Crippen LogP contribution in [0.3, 0.4) is 0 Å². The monoisotopic (exact) mass is 197 g/mol. The molecule has 0 aromatic carbocycles. The number of nitrogens with one attached hydrogen (secondary N) is 1. The summed E-state index contributed by atoms with van der Waals surface area (Å²) in [5.41, 5.74) is -0.318. The average Bonchev–Trinajstić information content (AvgIpc) is 2.32. The van der Waals surface area contributed by atoms with Crippen molar-refractivity contribution >= 4 is 6.47 Å². The SMILES string of the molecule is C1=CCCNC=C1.CC(C)(C)OC=O. The topological polar surface area (TPSA) is 38.3 Å². The van der Waals surface area contributed by atoms with E-state index in [4.69, 9.17) is 0 Å². The van der Waals surface area contributed by atoms with E-state index in [9.17, 15) is 4.79 Å². The van der Waals surface area contributed by atoms with Gasteiger partial charge in [-0.05, 0) is 39.5 Å². The Morgan fingerprint density at radius 1 is 1.36 bits per heavy atom. The molecule has 1 heterocycles. The second-order valence-corrected chi connectivity index (χ2v) is 3.86. The molecular formula is C11H19NO2. The van der Waals surface area contributed by atoms with E-state index in [2.05, 4.69) is 22.2 Å². The molecule has 0 amide bonds. The van der Waals surface area contributed by atoms with Crippen molar-refractivity contribution in [3.63, 3.8) is 0 Å². The summed E-state index contributed by atoms with van der Waals surface area (Å²) >= 11 is 0. The zero-order chi connectivity index (χ0) is 10.9. The average molecular weight is 197 g/mol. The van der Waals surface area contributed by atoms with Crippen LogP contribution in [0, 0.1) is 0 Å². The Morgan fingerprint density at radius 2 is 2.07 bits per heavy atom. The molecule has 0 aromatic rings. The van der Waals surface area contributed by atoms with Crippen LogP contribution in [-0.4, -0.2) is 18.6 Å². The molecule has 14 heavy (non-hydrogen) atoms. The molecule has 3 nitrogen and oxygen atoms in total. The molecule has 0 atom stereocenters. The molecule has 1 rings (SSSR count). The van der Waals surface area contributed by atoms with Gasteiger partial charge in [0, 0.05) is 6.54 Å². The molecule has 0 saturated carbocycles. The minimum atomic E-state index is -0.318. The number of carbonyl (C=O) groups is 1. The van der Waals surface area contributed by atoms with Gasteiger partial charge in [-0.3, -0.25) is 4.79 Å². The maximum absolute atomic E-state index is 9.60. The van der Waals surface area contributed by atoms with E-state index in [-0.39, 0.29) is 5.60 Å². The molecule has 3 heteroatoms. The number of ether oxygens (including phenoxy) is 1. The van der Waals surface area contributed by atoms with Crippen LogP contribution in [0.25, 0.3) is 0 Å². The minimum absolute atomic E-state index is 0.318. The van der Waals surface area contributed by atoms with E-state index >= 15 is 0 Å². The highest BCUT2D eigenvalue weighted by atomic mass is 16.5. The van der Waals surface area contributed by atoms with Crippen molar-refractivity contribution in [2.24, 2.45) is 0 Å². The van der Waals surface area contributed by atoms with Gasteiger partial charge < -0.3 is 10.1 Å². The standard InChI is InChI=1S/C6H9N.C5H10O2/c1-2-4-6-7-5-3-1;1-5(2,3)7-4-6/h1-3,5,7H,4,6H2;4H,1-3H3. The van der Waals surface area contributed by atoms with Gasteiger partial charge in [-0.15, -0.1) is 0 Å². The van der Waals surface area contributed by atoms with E-state index in [0.29, 0.717) is 6.47 Å². The summed E-state index contributed by atoms with van der Waals surface area (Å²) in [4.78, 5) is 9.60. The zero-order valence-electron chi connectivity index (χ0n) is 9.12. The number of rotatable bonds is 1. The van der Waals surface area contributed by atoms with Crippen LogP contribution in [0.4, 0.5) is 0 Å². The summed E-state index contributed by atoms with van der Waals surface area (Å²) in [5, 5.41) is 3.10. The first kappa shape index (κ1) is 12.8. The van der Waals surface area contributed by atoms with Gasteiger partial charge in [0.05, 0.1) is 0 Å². The van der Waals surface area contributed by atoms with Gasteiger partial charge >= 0.3 is 0 Å². The van der Waals surface area contributed by atoms with E-state index in [0.717, 1.165) is 13.0 Å². The molecule has 0 fully saturated rings. The normalized spacial score (nSPS) is 14.5. The predicted octanol–water partition coefficient (Wildman–Crippen LogP) is 2.01. The van der Waals surface area contributed by atoms with Crippen molar-refractivity contribution in [2.75, 3.05) is 6.54 Å². The molecule has 0 radical (unpaired) electrons. The minimum Gasteiger partial charge on any atom is -0.462 e. The maximum Gasteiger partial charge on any atom is 0.293 e. The predicted molar refractivity (Wildman–Crippen MR) is 57.8 cm³/mol. The number of carbonyl (C=O) groups excluding carboxylic acids is 1. The van der Waals surface area contributed by atoms with E-state index in [1.54, 1.807) is 0 Å². The summed E-state index contributed by atoms with van der Waals surface area (Å²) in [6.45, 7) is 7.00. The first-order valence-electron chi connectivity index (χ1n) is 4.73. The van der Waals surface area contributed by atoms with Crippen molar-refractivity contribution in [1.82, 2.24) is 5.32 Å². The lowest BCUT2D eigenvalue weighted by molar-refractivity contribution is -0.138. The fourth-order valence-corrected chi connectivity index (χ4v) is 0.693. The van der Waals surface area contributed by atoms with Gasteiger partial charge in [0.25, 0.3) is 6.47 Å². The lowest BCUT2D eigenvalue weighted by atomic mass is 10.2. The van der Waals surface area contributed by atoms with Crippen LogP contribution in [0.5, 0.6) is 0 Å². The third-order valence-electron chi connectivity index (χ3n) is 1.32. The molecule has 0 aromatic heterocycles.